The van der Waals surface area contributed by atoms with E-state index in [4.69, 9.17) is 11.3 Å². The number of ether oxygens (including phenoxy) is 1. The van der Waals surface area contributed by atoms with Gasteiger partial charge in [-0.05, 0) is 24.3 Å². The van der Waals surface area contributed by atoms with Crippen molar-refractivity contribution in [2.75, 3.05) is 0 Å². The molecule has 6 nitrogen and oxygen atoms in total. The Bertz CT molecular complexity index is 1080. The minimum Gasteiger partial charge on any atom is -0.457 e. The maximum Gasteiger partial charge on any atom is 0.501 e. The van der Waals surface area contributed by atoms with E-state index in [2.05, 4.69) is 15.0 Å². The van der Waals surface area contributed by atoms with Crippen LogP contribution in [0.25, 0.3) is 15.7 Å². The van der Waals surface area contributed by atoms with Crippen LogP contribution < -0.4 is 4.74 Å². The molecule has 128 valence electrons. The average molecular weight is 367 g/mol. The number of nitrogens with zero attached hydrogens (tertiary/aromatic N) is 2. The molecule has 0 saturated heterocycles. The van der Waals surface area contributed by atoms with Gasteiger partial charge in [-0.25, -0.2) is 13.3 Å². The van der Waals surface area contributed by atoms with Crippen molar-refractivity contribution in [3.63, 3.8) is 0 Å². The smallest absolute Gasteiger partial charge is 0.457 e. The van der Waals surface area contributed by atoms with Crippen molar-refractivity contribution in [2.24, 2.45) is 0 Å². The maximum atomic E-state index is 12.8. The molecule has 3 rings (SSSR count). The van der Waals surface area contributed by atoms with Gasteiger partial charge in [-0.1, -0.05) is 12.1 Å². The molecule has 0 radical (unpaired) electrons. The first-order valence-electron chi connectivity index (χ1n) is 6.67. The summed E-state index contributed by atoms with van der Waals surface area (Å²) in [6.07, 6.45) is 1.17. The highest BCUT2D eigenvalue weighted by Crippen LogP contribution is 2.38. The molecule has 0 aliphatic heterocycles. The van der Waals surface area contributed by atoms with Crippen LogP contribution in [0.4, 0.5) is 18.9 Å². The number of benzene rings is 2. The quantitative estimate of drug-likeness (QED) is 0.704. The largest absolute Gasteiger partial charge is 0.501 e. The molecule has 0 unspecified atom stereocenters. The van der Waals surface area contributed by atoms with Crippen LogP contribution in [0.15, 0.2) is 47.5 Å². The number of sulfone groups is 1. The van der Waals surface area contributed by atoms with E-state index >= 15 is 0 Å². The molecule has 0 saturated carbocycles. The summed E-state index contributed by atoms with van der Waals surface area (Å²) < 4.78 is 67.3. The monoisotopic (exact) mass is 367 g/mol. The summed E-state index contributed by atoms with van der Waals surface area (Å²) in [4.78, 5) is 2.30. The van der Waals surface area contributed by atoms with Gasteiger partial charge in [-0.2, -0.15) is 18.3 Å². The number of hydrogen-bond acceptors (Lipinski definition) is 4. The molecular weight excluding hydrogens is 359 g/mol. The topological polar surface area (TPSA) is 76.4 Å². The molecule has 1 heterocycles. The Labute approximate surface area is 139 Å². The molecule has 0 atom stereocenters. The summed E-state index contributed by atoms with van der Waals surface area (Å²) in [5.74, 6) is 0.460. The molecule has 0 aliphatic carbocycles. The Morgan fingerprint density at radius 3 is 2.40 bits per heavy atom. The highest BCUT2D eigenvalue weighted by atomic mass is 32.2. The van der Waals surface area contributed by atoms with Crippen LogP contribution in [0.1, 0.15) is 0 Å². The molecule has 1 N–H and O–H groups in total. The average Bonchev–Trinajstić information content (AvgIpc) is 3.04. The lowest BCUT2D eigenvalue weighted by atomic mass is 10.2. The molecule has 0 spiro atoms. The second-order valence-electron chi connectivity index (χ2n) is 4.88. The van der Waals surface area contributed by atoms with Gasteiger partial charge in [0.2, 0.25) is 0 Å². The third-order valence-electron chi connectivity index (χ3n) is 3.33. The molecular formula is C15H8F3N3O3S. The zero-order chi connectivity index (χ0) is 18.2. The Morgan fingerprint density at radius 2 is 1.80 bits per heavy atom. The normalized spacial score (nSPS) is 12.1. The minimum absolute atomic E-state index is 0.0829. The first-order chi connectivity index (χ1) is 11.7. The van der Waals surface area contributed by atoms with Gasteiger partial charge < -0.3 is 4.74 Å². The fourth-order valence-corrected chi connectivity index (χ4v) is 3.06. The van der Waals surface area contributed by atoms with Crippen molar-refractivity contribution in [1.82, 2.24) is 10.2 Å². The second kappa shape index (κ2) is 5.78. The Balaban J connectivity index is 2.07. The third-order valence-corrected chi connectivity index (χ3v) is 4.85. The van der Waals surface area contributed by atoms with Gasteiger partial charge >= 0.3 is 5.51 Å². The zero-order valence-corrected chi connectivity index (χ0v) is 13.0. The van der Waals surface area contributed by atoms with E-state index in [1.807, 2.05) is 0 Å². The first kappa shape index (κ1) is 16.8. The molecule has 0 fully saturated rings. The van der Waals surface area contributed by atoms with Crippen LogP contribution in [0.2, 0.25) is 0 Å². The number of aromatic nitrogens is 2. The predicted octanol–water partition coefficient (Wildman–Crippen LogP) is 4.20. The van der Waals surface area contributed by atoms with E-state index in [0.717, 1.165) is 12.1 Å². The number of aromatic amines is 1. The van der Waals surface area contributed by atoms with Crippen LogP contribution in [-0.2, 0) is 9.84 Å². The summed E-state index contributed by atoms with van der Waals surface area (Å²) in [6, 6.07) is 7.99. The lowest BCUT2D eigenvalue weighted by Crippen LogP contribution is -2.23. The standard InChI is InChI=1S/C15H8F3N3O3S/c1-19-9-2-4-10(5-3-9)24-12-6-7-13(14-11(12)8-20-21-14)25(22,23)15(16,17)18/h2-8H,(H,20,21). The molecule has 0 aliphatic rings. The Kier molecular flexibility index (Phi) is 3.88. The summed E-state index contributed by atoms with van der Waals surface area (Å²) in [5, 5.41) is 5.96. The van der Waals surface area contributed by atoms with E-state index in [9.17, 15) is 21.6 Å². The number of fused-ring (bicyclic) bond motifs is 1. The number of hydrogen-bond donors (Lipinski definition) is 1. The molecule has 1 aromatic heterocycles. The van der Waals surface area contributed by atoms with Crippen molar-refractivity contribution >= 4 is 26.4 Å². The van der Waals surface area contributed by atoms with Crippen molar-refractivity contribution in [2.45, 2.75) is 10.4 Å². The Morgan fingerprint density at radius 1 is 1.12 bits per heavy atom. The van der Waals surface area contributed by atoms with Gasteiger partial charge in [0.1, 0.15) is 16.4 Å². The van der Waals surface area contributed by atoms with Crippen LogP contribution in [0.5, 0.6) is 11.5 Å². The molecule has 0 bridgehead atoms. The number of alkyl halides is 3. The summed E-state index contributed by atoms with van der Waals surface area (Å²) in [5.41, 5.74) is -5.33. The maximum absolute atomic E-state index is 12.8. The van der Waals surface area contributed by atoms with Crippen LogP contribution in [-0.4, -0.2) is 24.1 Å². The summed E-state index contributed by atoms with van der Waals surface area (Å²) >= 11 is 0. The van der Waals surface area contributed by atoms with Gasteiger partial charge in [0.25, 0.3) is 9.84 Å². The molecule has 25 heavy (non-hydrogen) atoms. The van der Waals surface area contributed by atoms with Gasteiger partial charge in [0, 0.05) is 0 Å². The van der Waals surface area contributed by atoms with Crippen LogP contribution in [0, 0.1) is 6.57 Å². The zero-order valence-electron chi connectivity index (χ0n) is 12.2. The van der Waals surface area contributed by atoms with Gasteiger partial charge in [0.15, 0.2) is 5.69 Å². The van der Waals surface area contributed by atoms with E-state index in [0.29, 0.717) is 11.4 Å². The molecule has 0 amide bonds. The number of H-pyrrole nitrogens is 1. The third kappa shape index (κ3) is 2.89. The fourth-order valence-electron chi connectivity index (χ4n) is 2.14. The van der Waals surface area contributed by atoms with Crippen molar-refractivity contribution in [3.05, 3.63) is 54.0 Å². The minimum atomic E-state index is -5.53. The van der Waals surface area contributed by atoms with Crippen molar-refractivity contribution in [1.29, 1.82) is 0 Å². The highest BCUT2D eigenvalue weighted by Gasteiger charge is 2.48. The highest BCUT2D eigenvalue weighted by molar-refractivity contribution is 7.92. The number of halogens is 3. The van der Waals surface area contributed by atoms with E-state index in [-0.39, 0.29) is 16.7 Å². The summed E-state index contributed by atoms with van der Waals surface area (Å²) in [6.45, 7) is 6.88. The second-order valence-corrected chi connectivity index (χ2v) is 6.79. The van der Waals surface area contributed by atoms with Crippen LogP contribution in [0.3, 0.4) is 0 Å². The van der Waals surface area contributed by atoms with Gasteiger partial charge in [-0.3, -0.25) is 5.10 Å². The molecule has 2 aromatic carbocycles. The van der Waals surface area contributed by atoms with Gasteiger partial charge in [-0.15, -0.1) is 0 Å². The first-order valence-corrected chi connectivity index (χ1v) is 8.15. The van der Waals surface area contributed by atoms with Gasteiger partial charge in [0.05, 0.1) is 23.7 Å². The predicted molar refractivity (Wildman–Crippen MR) is 82.1 cm³/mol. The van der Waals surface area contributed by atoms with Crippen LogP contribution >= 0.6 is 0 Å². The van der Waals surface area contributed by atoms with E-state index < -0.39 is 20.2 Å². The van der Waals surface area contributed by atoms with Crippen molar-refractivity contribution < 1.29 is 26.3 Å². The SMILES string of the molecule is [C-]#[N+]c1ccc(Oc2ccc(S(=O)(=O)C(F)(F)F)c3[nH]ncc23)cc1. The number of rotatable bonds is 3. The molecule has 3 aromatic rings. The lowest BCUT2D eigenvalue weighted by molar-refractivity contribution is -0.0435. The van der Waals surface area contributed by atoms with E-state index in [1.165, 1.54) is 30.5 Å². The number of nitrogens with one attached hydrogen (secondary N) is 1. The fraction of sp³-hybridized carbons (Fsp3) is 0.0667. The lowest BCUT2D eigenvalue weighted by Gasteiger charge is -2.11. The van der Waals surface area contributed by atoms with Crippen molar-refractivity contribution in [3.8, 4) is 11.5 Å². The van der Waals surface area contributed by atoms with E-state index in [1.54, 1.807) is 0 Å². The molecule has 10 heteroatoms. The Hall–Kier alpha value is -3.06. The summed E-state index contributed by atoms with van der Waals surface area (Å²) in [7, 11) is -5.53.